The zero-order valence-electron chi connectivity index (χ0n) is 21.2. The minimum absolute atomic E-state index is 0.0480. The van der Waals surface area contributed by atoms with Gasteiger partial charge in [-0.15, -0.1) is 4.31 Å². The lowest BCUT2D eigenvalue weighted by Crippen LogP contribution is -2.39. The van der Waals surface area contributed by atoms with Crippen molar-refractivity contribution in [2.75, 3.05) is 25.6 Å². The highest BCUT2D eigenvalue weighted by Gasteiger charge is 2.37. The summed E-state index contributed by atoms with van der Waals surface area (Å²) in [5.41, 5.74) is -0.301. The van der Waals surface area contributed by atoms with Crippen LogP contribution < -0.4 is 18.5 Å². The van der Waals surface area contributed by atoms with Gasteiger partial charge in [0.25, 0.3) is 0 Å². The number of hydrogen-bond acceptors (Lipinski definition) is 7. The van der Waals surface area contributed by atoms with Gasteiger partial charge in [0.2, 0.25) is 0 Å². The first-order valence-electron chi connectivity index (χ1n) is 12.0. The van der Waals surface area contributed by atoms with Gasteiger partial charge < -0.3 is 19.3 Å². The van der Waals surface area contributed by atoms with Crippen molar-refractivity contribution in [3.05, 3.63) is 12.1 Å². The SMILES string of the molecule is CCCCCCCCCCCCC(C)OS(=O)(=O)N(C(=O)O)c1c(OC)cc(OC)cc1OC. The van der Waals surface area contributed by atoms with Crippen molar-refractivity contribution in [2.24, 2.45) is 0 Å². The zero-order valence-corrected chi connectivity index (χ0v) is 22.0. The lowest BCUT2D eigenvalue weighted by atomic mass is 10.1. The molecule has 0 spiro atoms. The van der Waals surface area contributed by atoms with E-state index in [4.69, 9.17) is 18.4 Å². The first-order chi connectivity index (χ1) is 16.2. The average molecular weight is 504 g/mol. The third-order valence-corrected chi connectivity index (χ3v) is 6.90. The van der Waals surface area contributed by atoms with Crippen molar-refractivity contribution in [3.63, 3.8) is 0 Å². The van der Waals surface area contributed by atoms with Crippen molar-refractivity contribution in [1.29, 1.82) is 0 Å². The molecule has 10 heteroatoms. The van der Waals surface area contributed by atoms with Gasteiger partial charge in [-0.3, -0.25) is 4.18 Å². The summed E-state index contributed by atoms with van der Waals surface area (Å²) in [6.45, 7) is 3.83. The molecule has 0 aliphatic rings. The van der Waals surface area contributed by atoms with E-state index in [1.165, 1.54) is 78.4 Å². The predicted octanol–water partition coefficient (Wildman–Crippen LogP) is 6.16. The van der Waals surface area contributed by atoms with Crippen LogP contribution in [-0.4, -0.2) is 47.1 Å². The highest BCUT2D eigenvalue weighted by atomic mass is 32.2. The summed E-state index contributed by atoms with van der Waals surface area (Å²) in [7, 11) is -0.692. The average Bonchev–Trinajstić information content (AvgIpc) is 2.79. The van der Waals surface area contributed by atoms with Crippen molar-refractivity contribution in [2.45, 2.75) is 90.6 Å². The van der Waals surface area contributed by atoms with Gasteiger partial charge in [-0.2, -0.15) is 8.42 Å². The Morgan fingerprint density at radius 1 is 0.882 bits per heavy atom. The van der Waals surface area contributed by atoms with Gasteiger partial charge in [-0.25, -0.2) is 4.79 Å². The highest BCUT2D eigenvalue weighted by Crippen LogP contribution is 2.43. The van der Waals surface area contributed by atoms with E-state index in [0.29, 0.717) is 12.2 Å². The molecule has 1 aromatic rings. The van der Waals surface area contributed by atoms with Gasteiger partial charge in [0.1, 0.15) is 11.4 Å². The fraction of sp³-hybridized carbons (Fsp3) is 0.708. The van der Waals surface area contributed by atoms with Crippen molar-refractivity contribution in [1.82, 2.24) is 0 Å². The molecule has 0 bridgehead atoms. The van der Waals surface area contributed by atoms with E-state index in [0.717, 1.165) is 19.3 Å². The monoisotopic (exact) mass is 503 g/mol. The van der Waals surface area contributed by atoms with Crippen molar-refractivity contribution < 1.29 is 36.7 Å². The third-order valence-electron chi connectivity index (χ3n) is 5.54. The van der Waals surface area contributed by atoms with Gasteiger partial charge in [0.15, 0.2) is 11.5 Å². The lowest BCUT2D eigenvalue weighted by Gasteiger charge is -2.24. The molecule has 0 aliphatic carbocycles. The lowest BCUT2D eigenvalue weighted by molar-refractivity contribution is 0.195. The summed E-state index contributed by atoms with van der Waals surface area (Å²) in [6.07, 6.45) is 9.76. The Kier molecular flexibility index (Phi) is 13.7. The van der Waals surface area contributed by atoms with Gasteiger partial charge in [-0.05, 0) is 13.3 Å². The number of anilines is 1. The van der Waals surface area contributed by atoms with Crippen LogP contribution in [0.1, 0.15) is 84.5 Å². The summed E-state index contributed by atoms with van der Waals surface area (Å²) >= 11 is 0. The summed E-state index contributed by atoms with van der Waals surface area (Å²) in [4.78, 5) is 12.0. The van der Waals surface area contributed by atoms with E-state index in [2.05, 4.69) is 6.92 Å². The summed E-state index contributed by atoms with van der Waals surface area (Å²) in [5, 5.41) is 9.73. The second-order valence-corrected chi connectivity index (χ2v) is 9.68. The maximum atomic E-state index is 12.9. The second-order valence-electron chi connectivity index (χ2n) is 8.26. The van der Waals surface area contributed by atoms with Gasteiger partial charge in [0, 0.05) is 12.1 Å². The minimum atomic E-state index is -4.69. The topological polar surface area (TPSA) is 112 Å². The second kappa shape index (κ2) is 15.7. The van der Waals surface area contributed by atoms with Gasteiger partial charge in [-0.1, -0.05) is 71.1 Å². The van der Waals surface area contributed by atoms with Crippen LogP contribution in [-0.2, 0) is 14.5 Å². The molecular weight excluding hydrogens is 462 g/mol. The van der Waals surface area contributed by atoms with Crippen LogP contribution in [0.25, 0.3) is 0 Å². The van der Waals surface area contributed by atoms with Crippen LogP contribution in [0.2, 0.25) is 0 Å². The van der Waals surface area contributed by atoms with Crippen LogP contribution in [0.5, 0.6) is 17.2 Å². The Bertz CT molecular complexity index is 818. The number of nitrogens with zero attached hydrogens (tertiary/aromatic N) is 1. The molecular formula is C24H41NO8S. The van der Waals surface area contributed by atoms with E-state index in [1.807, 2.05) is 0 Å². The van der Waals surface area contributed by atoms with Gasteiger partial charge >= 0.3 is 16.4 Å². The van der Waals surface area contributed by atoms with E-state index in [9.17, 15) is 18.3 Å². The number of carbonyl (C=O) groups is 1. The molecule has 1 unspecified atom stereocenters. The molecule has 1 rings (SSSR count). The minimum Gasteiger partial charge on any atom is -0.496 e. The number of unbranched alkanes of at least 4 members (excludes halogenated alkanes) is 9. The van der Waals surface area contributed by atoms with Crippen molar-refractivity contribution in [3.8, 4) is 17.2 Å². The molecule has 0 aliphatic heterocycles. The summed E-state index contributed by atoms with van der Waals surface area (Å²) < 4.78 is 46.8. The number of amides is 1. The van der Waals surface area contributed by atoms with Crippen LogP contribution in [0.3, 0.4) is 0 Å². The van der Waals surface area contributed by atoms with Crippen LogP contribution in [0, 0.1) is 0 Å². The first kappa shape index (κ1) is 29.8. The molecule has 9 nitrogen and oxygen atoms in total. The predicted molar refractivity (Wildman–Crippen MR) is 133 cm³/mol. The fourth-order valence-corrected chi connectivity index (χ4v) is 4.90. The number of carboxylic acid groups (broad SMARTS) is 1. The first-order valence-corrected chi connectivity index (χ1v) is 13.3. The fourth-order valence-electron chi connectivity index (χ4n) is 3.71. The molecule has 0 radical (unpaired) electrons. The normalized spacial score (nSPS) is 12.3. The smallest absolute Gasteiger partial charge is 0.427 e. The molecule has 1 amide bonds. The quantitative estimate of drug-likeness (QED) is 0.237. The molecule has 0 fully saturated rings. The highest BCUT2D eigenvalue weighted by molar-refractivity contribution is 7.89. The Hall–Kier alpha value is -2.20. The van der Waals surface area contributed by atoms with E-state index in [-0.39, 0.29) is 21.5 Å². The summed E-state index contributed by atoms with van der Waals surface area (Å²) in [6, 6.07) is 2.74. The molecule has 1 N–H and O–H groups in total. The number of rotatable bonds is 18. The maximum absolute atomic E-state index is 12.9. The molecule has 196 valence electrons. The Balaban J connectivity index is 2.72. The molecule has 1 atom stereocenters. The number of methoxy groups -OCH3 is 3. The molecule has 34 heavy (non-hydrogen) atoms. The summed E-state index contributed by atoms with van der Waals surface area (Å²) in [5.74, 6) is 0.219. The Morgan fingerprint density at radius 2 is 1.35 bits per heavy atom. The van der Waals surface area contributed by atoms with E-state index in [1.54, 1.807) is 6.92 Å². The molecule has 1 aromatic carbocycles. The standard InChI is InChI=1S/C24H41NO8S/c1-6-7-8-9-10-11-12-13-14-15-16-19(2)33-34(28,29)25(24(26)27)23-21(31-4)17-20(30-3)18-22(23)32-5/h17-19H,6-16H2,1-5H3,(H,26,27). The van der Waals surface area contributed by atoms with Crippen LogP contribution in [0.4, 0.5) is 10.5 Å². The number of ether oxygens (including phenoxy) is 3. The van der Waals surface area contributed by atoms with Crippen LogP contribution >= 0.6 is 0 Å². The number of benzene rings is 1. The molecule has 0 heterocycles. The van der Waals surface area contributed by atoms with E-state index >= 15 is 0 Å². The zero-order chi connectivity index (χ0) is 25.6. The largest absolute Gasteiger partial charge is 0.496 e. The number of hydrogen-bond donors (Lipinski definition) is 1. The Morgan fingerprint density at radius 3 is 1.76 bits per heavy atom. The van der Waals surface area contributed by atoms with Gasteiger partial charge in [0.05, 0.1) is 27.4 Å². The van der Waals surface area contributed by atoms with E-state index < -0.39 is 22.5 Å². The van der Waals surface area contributed by atoms with Crippen LogP contribution in [0.15, 0.2) is 12.1 Å². The Labute approximate surface area is 204 Å². The maximum Gasteiger partial charge on any atom is 0.427 e. The molecule has 0 aromatic heterocycles. The third kappa shape index (κ3) is 9.58. The van der Waals surface area contributed by atoms with Crippen molar-refractivity contribution >= 4 is 22.1 Å². The molecule has 0 saturated carbocycles. The molecule has 0 saturated heterocycles.